The molecule has 0 aliphatic carbocycles. The molecule has 0 heterocycles. The highest BCUT2D eigenvalue weighted by atomic mass is 35.5. The molecule has 1 rings (SSSR count). The first-order chi connectivity index (χ1) is 6.56. The molecule has 6 heteroatoms. The number of aromatic carboxylic acids is 1. The molecule has 84 valence electrons. The van der Waals surface area contributed by atoms with Crippen molar-refractivity contribution in [2.75, 3.05) is 6.61 Å². The average Bonchev–Trinajstić information content (AvgIpc) is 2.17. The Hall–Kier alpha value is -1.30. The van der Waals surface area contributed by atoms with Crippen LogP contribution in [0.1, 0.15) is 22.0 Å². The molecule has 0 aromatic heterocycles. The molecule has 0 radical (unpaired) electrons. The van der Waals surface area contributed by atoms with Crippen LogP contribution < -0.4 is 5.73 Å². The minimum Gasteiger partial charge on any atom is -0.507 e. The summed E-state index contributed by atoms with van der Waals surface area (Å²) in [5.41, 5.74) is 5.75. The second kappa shape index (κ2) is 5.55. The van der Waals surface area contributed by atoms with Gasteiger partial charge in [0.25, 0.3) is 0 Å². The number of carboxylic acid groups (broad SMARTS) is 1. The van der Waals surface area contributed by atoms with Crippen LogP contribution in [0.25, 0.3) is 0 Å². The molecule has 1 aromatic rings. The summed E-state index contributed by atoms with van der Waals surface area (Å²) in [6.07, 6.45) is 0. The number of benzene rings is 1. The fourth-order valence-corrected chi connectivity index (χ4v) is 1.06. The molecule has 15 heavy (non-hydrogen) atoms. The summed E-state index contributed by atoms with van der Waals surface area (Å²) in [5, 5.41) is 26.6. The maximum absolute atomic E-state index is 10.6. The predicted octanol–water partition coefficient (Wildman–Crippen LogP) is 0.504. The highest BCUT2D eigenvalue weighted by Gasteiger charge is 2.12. The third-order valence-corrected chi connectivity index (χ3v) is 1.88. The maximum Gasteiger partial charge on any atom is 0.339 e. The summed E-state index contributed by atoms with van der Waals surface area (Å²) in [4.78, 5) is 10.6. The van der Waals surface area contributed by atoms with Gasteiger partial charge in [-0.3, -0.25) is 0 Å². The van der Waals surface area contributed by atoms with Gasteiger partial charge in [-0.15, -0.1) is 12.4 Å². The molecular formula is C9H12ClNO4. The quantitative estimate of drug-likeness (QED) is 0.609. The predicted molar refractivity (Wildman–Crippen MR) is 56.3 cm³/mol. The summed E-state index contributed by atoms with van der Waals surface area (Å²) in [7, 11) is 0. The topological polar surface area (TPSA) is 104 Å². The minimum atomic E-state index is -1.23. The number of halogens is 1. The van der Waals surface area contributed by atoms with Gasteiger partial charge in [0.15, 0.2) is 0 Å². The zero-order chi connectivity index (χ0) is 10.7. The summed E-state index contributed by atoms with van der Waals surface area (Å²) >= 11 is 0. The molecule has 0 saturated heterocycles. The zero-order valence-electron chi connectivity index (χ0n) is 7.75. The molecule has 0 unspecified atom stereocenters. The molecule has 0 spiro atoms. The fourth-order valence-electron chi connectivity index (χ4n) is 1.06. The number of aromatic hydroxyl groups is 1. The van der Waals surface area contributed by atoms with Crippen molar-refractivity contribution in [3.8, 4) is 5.75 Å². The van der Waals surface area contributed by atoms with E-state index in [9.17, 15) is 9.90 Å². The number of hydrogen-bond acceptors (Lipinski definition) is 4. The van der Waals surface area contributed by atoms with E-state index >= 15 is 0 Å². The van der Waals surface area contributed by atoms with Gasteiger partial charge in [-0.25, -0.2) is 4.79 Å². The van der Waals surface area contributed by atoms with Gasteiger partial charge in [0, 0.05) is 0 Å². The van der Waals surface area contributed by atoms with E-state index in [1.165, 1.54) is 18.2 Å². The molecule has 0 saturated carbocycles. The molecule has 0 aliphatic rings. The van der Waals surface area contributed by atoms with E-state index in [-0.39, 0.29) is 30.3 Å². The third-order valence-electron chi connectivity index (χ3n) is 1.88. The molecule has 5 nitrogen and oxygen atoms in total. The first-order valence-corrected chi connectivity index (χ1v) is 3.99. The van der Waals surface area contributed by atoms with E-state index in [1.807, 2.05) is 0 Å². The van der Waals surface area contributed by atoms with Gasteiger partial charge in [0.1, 0.15) is 11.3 Å². The molecule has 0 amide bonds. The lowest BCUT2D eigenvalue weighted by Crippen LogP contribution is -2.15. The number of carbonyl (C=O) groups is 1. The Morgan fingerprint density at radius 1 is 1.47 bits per heavy atom. The number of nitrogens with two attached hydrogens (primary N) is 1. The Balaban J connectivity index is 0.00000196. The van der Waals surface area contributed by atoms with Gasteiger partial charge in [-0.1, -0.05) is 6.07 Å². The largest absolute Gasteiger partial charge is 0.507 e. The van der Waals surface area contributed by atoms with Gasteiger partial charge >= 0.3 is 5.97 Å². The Kier molecular flexibility index (Phi) is 5.07. The van der Waals surface area contributed by atoms with Gasteiger partial charge in [-0.05, 0) is 17.7 Å². The first kappa shape index (κ1) is 13.7. The molecular weight excluding hydrogens is 222 g/mol. The average molecular weight is 234 g/mol. The zero-order valence-corrected chi connectivity index (χ0v) is 8.57. The van der Waals surface area contributed by atoms with Crippen LogP contribution in [0.2, 0.25) is 0 Å². The van der Waals surface area contributed by atoms with E-state index in [4.69, 9.17) is 15.9 Å². The SMILES string of the molecule is Cl.N[C@H](CO)c1ccc(O)c(C(=O)O)c1. The number of hydrogen-bond donors (Lipinski definition) is 4. The van der Waals surface area contributed by atoms with Crippen LogP contribution >= 0.6 is 12.4 Å². The molecule has 0 fully saturated rings. The Bertz CT molecular complexity index is 356. The lowest BCUT2D eigenvalue weighted by molar-refractivity contribution is 0.0693. The van der Waals surface area contributed by atoms with Crippen LogP contribution in [0, 0.1) is 0 Å². The van der Waals surface area contributed by atoms with Crippen LogP contribution in [0.4, 0.5) is 0 Å². The van der Waals surface area contributed by atoms with Crippen molar-refractivity contribution < 1.29 is 20.1 Å². The van der Waals surface area contributed by atoms with Crippen LogP contribution in [0.3, 0.4) is 0 Å². The highest BCUT2D eigenvalue weighted by molar-refractivity contribution is 5.90. The summed E-state index contributed by atoms with van der Waals surface area (Å²) < 4.78 is 0. The number of phenols is 1. The molecule has 0 aliphatic heterocycles. The Morgan fingerprint density at radius 2 is 2.07 bits per heavy atom. The third kappa shape index (κ3) is 3.09. The van der Waals surface area contributed by atoms with Gasteiger partial charge < -0.3 is 21.1 Å². The normalized spacial score (nSPS) is 11.6. The molecule has 5 N–H and O–H groups in total. The summed E-state index contributed by atoms with van der Waals surface area (Å²) in [6, 6.07) is 3.34. The minimum absolute atomic E-state index is 0. The van der Waals surface area contributed by atoms with Crippen molar-refractivity contribution in [1.82, 2.24) is 0 Å². The van der Waals surface area contributed by atoms with Crippen LogP contribution in [0.5, 0.6) is 5.75 Å². The Morgan fingerprint density at radius 3 is 2.53 bits per heavy atom. The van der Waals surface area contributed by atoms with Crippen molar-refractivity contribution in [3.05, 3.63) is 29.3 Å². The standard InChI is InChI=1S/C9H11NO4.ClH/c10-7(4-11)5-1-2-8(12)6(3-5)9(13)14;/h1-3,7,11-12H,4,10H2,(H,13,14);1H/t7-;/m1./s1. The van der Waals surface area contributed by atoms with Crippen LogP contribution in [-0.4, -0.2) is 27.9 Å². The molecule has 0 bridgehead atoms. The second-order valence-electron chi connectivity index (χ2n) is 2.87. The van der Waals surface area contributed by atoms with E-state index in [2.05, 4.69) is 0 Å². The van der Waals surface area contributed by atoms with Crippen LogP contribution in [-0.2, 0) is 0 Å². The highest BCUT2D eigenvalue weighted by Crippen LogP contribution is 2.21. The molecule has 1 aromatic carbocycles. The maximum atomic E-state index is 10.6. The van der Waals surface area contributed by atoms with Crippen molar-refractivity contribution in [2.24, 2.45) is 5.73 Å². The van der Waals surface area contributed by atoms with Crippen molar-refractivity contribution in [1.29, 1.82) is 0 Å². The van der Waals surface area contributed by atoms with E-state index < -0.39 is 12.0 Å². The number of aliphatic hydroxyl groups excluding tert-OH is 1. The van der Waals surface area contributed by atoms with E-state index in [0.717, 1.165) is 0 Å². The van der Waals surface area contributed by atoms with Crippen LogP contribution in [0.15, 0.2) is 18.2 Å². The second-order valence-corrected chi connectivity index (χ2v) is 2.87. The van der Waals surface area contributed by atoms with Gasteiger partial charge in [0.2, 0.25) is 0 Å². The van der Waals surface area contributed by atoms with E-state index in [0.29, 0.717) is 5.56 Å². The van der Waals surface area contributed by atoms with E-state index in [1.54, 1.807) is 0 Å². The van der Waals surface area contributed by atoms with Gasteiger partial charge in [-0.2, -0.15) is 0 Å². The lowest BCUT2D eigenvalue weighted by atomic mass is 10.0. The molecule has 1 atom stereocenters. The summed E-state index contributed by atoms with van der Waals surface area (Å²) in [6.45, 7) is -0.274. The first-order valence-electron chi connectivity index (χ1n) is 3.99. The van der Waals surface area contributed by atoms with Crippen molar-refractivity contribution in [2.45, 2.75) is 6.04 Å². The number of aliphatic hydroxyl groups is 1. The monoisotopic (exact) mass is 233 g/mol. The smallest absolute Gasteiger partial charge is 0.339 e. The van der Waals surface area contributed by atoms with Crippen molar-refractivity contribution >= 4 is 18.4 Å². The van der Waals surface area contributed by atoms with Crippen molar-refractivity contribution in [3.63, 3.8) is 0 Å². The fraction of sp³-hybridized carbons (Fsp3) is 0.222. The van der Waals surface area contributed by atoms with Gasteiger partial charge in [0.05, 0.1) is 12.6 Å². The number of rotatable bonds is 3. The number of carboxylic acids is 1. The Labute approximate surface area is 92.6 Å². The lowest BCUT2D eigenvalue weighted by Gasteiger charge is -2.09. The summed E-state index contributed by atoms with van der Waals surface area (Å²) in [5.74, 6) is -1.54.